The van der Waals surface area contributed by atoms with Gasteiger partial charge in [-0.1, -0.05) is 18.2 Å². The maximum atomic E-state index is 13.6. The summed E-state index contributed by atoms with van der Waals surface area (Å²) in [6.45, 7) is 7.48. The van der Waals surface area contributed by atoms with Gasteiger partial charge < -0.3 is 9.84 Å². The first-order chi connectivity index (χ1) is 15.2. The molecule has 0 aliphatic carbocycles. The first kappa shape index (κ1) is 21.8. The fourth-order valence-electron chi connectivity index (χ4n) is 4.16. The van der Waals surface area contributed by atoms with E-state index in [1.807, 2.05) is 51.1 Å². The number of aryl methyl sites for hydroxylation is 4. The Labute approximate surface area is 190 Å². The van der Waals surface area contributed by atoms with E-state index in [9.17, 15) is 14.7 Å². The van der Waals surface area contributed by atoms with E-state index in [1.54, 1.807) is 26.2 Å². The zero-order chi connectivity index (χ0) is 23.2. The van der Waals surface area contributed by atoms with Crippen LogP contribution < -0.4 is 9.64 Å². The molecule has 1 amide bonds. The van der Waals surface area contributed by atoms with Gasteiger partial charge in [-0.2, -0.15) is 0 Å². The molecule has 1 unspecified atom stereocenters. The number of Topliss-reactive ketones (excluding diaryl/α,β-unsaturated/α-hetero) is 1. The van der Waals surface area contributed by atoms with Crippen LogP contribution in [0.25, 0.3) is 0 Å². The summed E-state index contributed by atoms with van der Waals surface area (Å²) >= 11 is 1.26. The van der Waals surface area contributed by atoms with Gasteiger partial charge in [-0.15, -0.1) is 11.3 Å². The van der Waals surface area contributed by atoms with Crippen molar-refractivity contribution >= 4 is 28.7 Å². The molecule has 0 fully saturated rings. The number of ketones is 1. The Balaban J connectivity index is 1.91. The second-order valence-corrected chi connectivity index (χ2v) is 9.14. The Morgan fingerprint density at radius 1 is 1.06 bits per heavy atom. The van der Waals surface area contributed by atoms with E-state index < -0.39 is 17.7 Å². The Morgan fingerprint density at radius 2 is 1.69 bits per heavy atom. The molecule has 6 nitrogen and oxygen atoms in total. The molecule has 0 radical (unpaired) electrons. The molecule has 1 atom stereocenters. The number of amides is 1. The summed E-state index contributed by atoms with van der Waals surface area (Å²) in [5.74, 6) is -0.851. The molecule has 3 aromatic rings. The third kappa shape index (κ3) is 3.69. The van der Waals surface area contributed by atoms with Gasteiger partial charge in [-0.05, 0) is 68.7 Å². The van der Waals surface area contributed by atoms with Crippen LogP contribution in [0.5, 0.6) is 5.75 Å². The Bertz CT molecular complexity index is 1240. The van der Waals surface area contributed by atoms with Gasteiger partial charge >= 0.3 is 0 Å². The van der Waals surface area contributed by atoms with E-state index in [-0.39, 0.29) is 11.4 Å². The summed E-state index contributed by atoms with van der Waals surface area (Å²) < 4.78 is 5.26. The minimum Gasteiger partial charge on any atom is -0.503 e. The average molecular weight is 449 g/mol. The molecule has 1 aliphatic heterocycles. The summed E-state index contributed by atoms with van der Waals surface area (Å²) in [5, 5.41) is 11.7. The number of nitrogens with zero attached hydrogens (tertiary/aromatic N) is 2. The van der Waals surface area contributed by atoms with Crippen LogP contribution in [0.15, 0.2) is 53.8 Å². The van der Waals surface area contributed by atoms with Gasteiger partial charge in [0.2, 0.25) is 5.78 Å². The molecule has 1 aliphatic rings. The van der Waals surface area contributed by atoms with Gasteiger partial charge in [-0.3, -0.25) is 14.5 Å². The van der Waals surface area contributed by atoms with Crippen molar-refractivity contribution in [3.63, 3.8) is 0 Å². The number of benzene rings is 2. The van der Waals surface area contributed by atoms with Gasteiger partial charge in [0.1, 0.15) is 5.75 Å². The van der Waals surface area contributed by atoms with Crippen LogP contribution in [0.4, 0.5) is 5.69 Å². The van der Waals surface area contributed by atoms with E-state index in [2.05, 4.69) is 4.98 Å². The van der Waals surface area contributed by atoms with Crippen molar-refractivity contribution in [2.45, 2.75) is 33.7 Å². The Hall–Kier alpha value is -3.45. The quantitative estimate of drug-likeness (QED) is 0.545. The molecule has 2 heterocycles. The van der Waals surface area contributed by atoms with Gasteiger partial charge in [0.15, 0.2) is 5.76 Å². The zero-order valence-electron chi connectivity index (χ0n) is 18.6. The van der Waals surface area contributed by atoms with Crippen molar-refractivity contribution in [3.8, 4) is 5.75 Å². The lowest BCUT2D eigenvalue weighted by atomic mass is 9.94. The number of hydrogen-bond acceptors (Lipinski definition) is 6. The van der Waals surface area contributed by atoms with Crippen molar-refractivity contribution in [1.29, 1.82) is 0 Å². The molecule has 1 N–H and O–H groups in total. The summed E-state index contributed by atoms with van der Waals surface area (Å²) in [5.41, 5.74) is 3.93. The van der Waals surface area contributed by atoms with Gasteiger partial charge in [0, 0.05) is 5.69 Å². The molecular weight excluding hydrogens is 424 g/mol. The highest BCUT2D eigenvalue weighted by atomic mass is 32.1. The highest BCUT2D eigenvalue weighted by molar-refractivity contribution is 7.14. The van der Waals surface area contributed by atoms with E-state index in [4.69, 9.17) is 4.74 Å². The monoisotopic (exact) mass is 448 g/mol. The summed E-state index contributed by atoms with van der Waals surface area (Å²) in [6, 6.07) is 12.2. The first-order valence-electron chi connectivity index (χ1n) is 10.2. The highest BCUT2D eigenvalue weighted by Crippen LogP contribution is 2.43. The van der Waals surface area contributed by atoms with E-state index >= 15 is 0 Å². The normalized spacial score (nSPS) is 16.1. The number of rotatable bonds is 5. The number of carbonyl (C=O) groups excluding carboxylic acids is 2. The largest absolute Gasteiger partial charge is 0.503 e. The second-order valence-electron chi connectivity index (χ2n) is 7.94. The van der Waals surface area contributed by atoms with Gasteiger partial charge in [-0.25, -0.2) is 4.98 Å². The topological polar surface area (TPSA) is 79.7 Å². The fraction of sp³-hybridized carbons (Fsp3) is 0.240. The first-order valence-corrected chi connectivity index (χ1v) is 11.0. The number of aliphatic hydroxyl groups excluding tert-OH is 1. The predicted octanol–water partition coefficient (Wildman–Crippen LogP) is 5.17. The molecule has 0 bridgehead atoms. The lowest BCUT2D eigenvalue weighted by Crippen LogP contribution is -2.31. The van der Waals surface area contributed by atoms with Crippen LogP contribution in [0.1, 0.15) is 43.1 Å². The Morgan fingerprint density at radius 3 is 2.22 bits per heavy atom. The standard InChI is InChI=1S/C25H24N2O4S/c1-13-10-14(2)12-18(11-13)27-21(17-6-8-19(31-5)9-7-17)20(23(29)25(27)30)22(28)24-15(3)26-16(4)32-24/h6-12,21,29H,1-5H3. The average Bonchev–Trinajstić information content (AvgIpc) is 3.22. The zero-order valence-corrected chi connectivity index (χ0v) is 19.4. The van der Waals surface area contributed by atoms with Crippen molar-refractivity contribution < 1.29 is 19.4 Å². The summed E-state index contributed by atoms with van der Waals surface area (Å²) in [7, 11) is 1.57. The Kier molecular flexibility index (Phi) is 5.60. The number of methoxy groups -OCH3 is 1. The fourth-order valence-corrected chi connectivity index (χ4v) is 5.03. The maximum absolute atomic E-state index is 13.6. The molecule has 0 spiro atoms. The highest BCUT2D eigenvalue weighted by Gasteiger charge is 2.45. The molecule has 1 aromatic heterocycles. The number of hydrogen-bond donors (Lipinski definition) is 1. The van der Waals surface area contributed by atoms with Crippen LogP contribution in [-0.4, -0.2) is 28.9 Å². The number of carbonyl (C=O) groups is 2. The van der Waals surface area contributed by atoms with E-state index in [1.165, 1.54) is 16.2 Å². The van der Waals surface area contributed by atoms with Crippen molar-refractivity contribution in [2.75, 3.05) is 12.0 Å². The molecule has 32 heavy (non-hydrogen) atoms. The number of ether oxygens (including phenoxy) is 1. The number of aromatic nitrogens is 1. The van der Waals surface area contributed by atoms with Crippen LogP contribution >= 0.6 is 11.3 Å². The van der Waals surface area contributed by atoms with E-state index in [0.717, 1.165) is 16.1 Å². The lowest BCUT2D eigenvalue weighted by molar-refractivity contribution is -0.117. The molecule has 0 saturated heterocycles. The predicted molar refractivity (Wildman–Crippen MR) is 125 cm³/mol. The van der Waals surface area contributed by atoms with E-state index in [0.29, 0.717) is 27.6 Å². The molecule has 164 valence electrons. The molecule has 2 aromatic carbocycles. The van der Waals surface area contributed by atoms with Crippen LogP contribution in [-0.2, 0) is 4.79 Å². The summed E-state index contributed by atoms with van der Waals surface area (Å²) in [6.07, 6.45) is 0. The molecule has 7 heteroatoms. The van der Waals surface area contributed by atoms with Gasteiger partial charge in [0.05, 0.1) is 34.3 Å². The summed E-state index contributed by atoms with van der Waals surface area (Å²) in [4.78, 5) is 33.2. The maximum Gasteiger partial charge on any atom is 0.294 e. The number of thiazole rings is 1. The lowest BCUT2D eigenvalue weighted by Gasteiger charge is -2.27. The SMILES string of the molecule is COc1ccc(C2C(C(=O)c3sc(C)nc3C)=C(O)C(=O)N2c2cc(C)cc(C)c2)cc1. The van der Waals surface area contributed by atoms with Gasteiger partial charge in [0.25, 0.3) is 5.91 Å². The third-order valence-electron chi connectivity index (χ3n) is 5.48. The van der Waals surface area contributed by atoms with Crippen LogP contribution in [0.3, 0.4) is 0 Å². The number of aliphatic hydroxyl groups is 1. The molecule has 4 rings (SSSR count). The third-order valence-corrected chi connectivity index (χ3v) is 6.55. The number of anilines is 1. The van der Waals surface area contributed by atoms with Crippen LogP contribution in [0, 0.1) is 27.7 Å². The minimum atomic E-state index is -0.774. The molecular formula is C25H24N2O4S. The van der Waals surface area contributed by atoms with Crippen molar-refractivity contribution in [1.82, 2.24) is 4.98 Å². The molecule has 0 saturated carbocycles. The smallest absolute Gasteiger partial charge is 0.294 e. The van der Waals surface area contributed by atoms with Crippen molar-refractivity contribution in [2.24, 2.45) is 0 Å². The van der Waals surface area contributed by atoms with Crippen molar-refractivity contribution in [3.05, 3.63) is 86.1 Å². The minimum absolute atomic E-state index is 0.0612. The second kappa shape index (κ2) is 8.24. The van der Waals surface area contributed by atoms with Crippen LogP contribution in [0.2, 0.25) is 0 Å².